The maximum Gasteiger partial charge on any atom is 0.250 e. The van der Waals surface area contributed by atoms with Gasteiger partial charge in [0.15, 0.2) is 0 Å². The zero-order valence-electron chi connectivity index (χ0n) is 11.6. The molecule has 0 bridgehead atoms. The highest BCUT2D eigenvalue weighted by molar-refractivity contribution is 6.74. The van der Waals surface area contributed by atoms with Crippen LogP contribution in [-0.4, -0.2) is 15.4 Å². The van der Waals surface area contributed by atoms with Crippen LogP contribution >= 0.6 is 0 Å². The maximum atomic E-state index is 6.15. The standard InChI is InChI=1S/C13H23NO2Si/c1-13(2,3)17(5,6)16-12-8-7-10(15-4)9-11(12)14/h7-9H,14H2,1-6H3. The second-order valence-corrected chi connectivity index (χ2v) is 10.5. The average Bonchev–Trinajstić information content (AvgIpc) is 2.19. The van der Waals surface area contributed by atoms with Crippen LogP contribution in [0.15, 0.2) is 18.2 Å². The molecule has 0 aliphatic carbocycles. The molecule has 0 saturated carbocycles. The number of methoxy groups -OCH3 is 1. The van der Waals surface area contributed by atoms with Gasteiger partial charge in [0.1, 0.15) is 11.5 Å². The van der Waals surface area contributed by atoms with Crippen molar-refractivity contribution >= 4 is 14.0 Å². The van der Waals surface area contributed by atoms with Gasteiger partial charge in [-0.25, -0.2) is 0 Å². The van der Waals surface area contributed by atoms with E-state index in [1.165, 1.54) is 0 Å². The van der Waals surface area contributed by atoms with Crippen LogP contribution in [0.2, 0.25) is 18.1 Å². The molecule has 1 aromatic carbocycles. The molecule has 2 N–H and O–H groups in total. The predicted octanol–water partition coefficient (Wildman–Crippen LogP) is 3.66. The Balaban J connectivity index is 2.96. The topological polar surface area (TPSA) is 44.5 Å². The molecule has 0 aliphatic heterocycles. The van der Waals surface area contributed by atoms with Gasteiger partial charge in [0.25, 0.3) is 8.32 Å². The summed E-state index contributed by atoms with van der Waals surface area (Å²) in [6.07, 6.45) is 0. The Morgan fingerprint density at radius 1 is 1.18 bits per heavy atom. The SMILES string of the molecule is COc1ccc(O[Si](C)(C)C(C)(C)C)c(N)c1. The summed E-state index contributed by atoms with van der Waals surface area (Å²) in [5.41, 5.74) is 6.60. The van der Waals surface area contributed by atoms with Crippen LogP contribution in [-0.2, 0) is 0 Å². The van der Waals surface area contributed by atoms with E-state index in [0.717, 1.165) is 11.5 Å². The number of hydrogen-bond acceptors (Lipinski definition) is 3. The molecule has 0 spiro atoms. The molecule has 3 nitrogen and oxygen atoms in total. The lowest BCUT2D eigenvalue weighted by Gasteiger charge is -2.36. The summed E-state index contributed by atoms with van der Waals surface area (Å²) in [5.74, 6) is 1.52. The van der Waals surface area contributed by atoms with E-state index < -0.39 is 8.32 Å². The lowest BCUT2D eigenvalue weighted by atomic mass is 10.2. The van der Waals surface area contributed by atoms with Crippen molar-refractivity contribution in [2.24, 2.45) is 0 Å². The first kappa shape index (κ1) is 13.9. The van der Waals surface area contributed by atoms with Gasteiger partial charge >= 0.3 is 0 Å². The minimum atomic E-state index is -1.83. The average molecular weight is 253 g/mol. The first-order valence-corrected chi connectivity index (χ1v) is 8.71. The molecule has 0 amide bonds. The molecule has 0 radical (unpaired) electrons. The molecule has 0 atom stereocenters. The van der Waals surface area contributed by atoms with Crippen molar-refractivity contribution in [3.05, 3.63) is 18.2 Å². The van der Waals surface area contributed by atoms with E-state index in [9.17, 15) is 0 Å². The van der Waals surface area contributed by atoms with Gasteiger partial charge in [-0.1, -0.05) is 20.8 Å². The molecular formula is C13H23NO2Si. The zero-order valence-corrected chi connectivity index (χ0v) is 12.6. The third-order valence-electron chi connectivity index (χ3n) is 3.39. The van der Waals surface area contributed by atoms with E-state index in [1.807, 2.05) is 12.1 Å². The smallest absolute Gasteiger partial charge is 0.250 e. The fourth-order valence-electron chi connectivity index (χ4n) is 1.17. The van der Waals surface area contributed by atoms with Crippen molar-refractivity contribution in [3.63, 3.8) is 0 Å². The first-order valence-electron chi connectivity index (χ1n) is 5.80. The third kappa shape index (κ3) is 3.16. The van der Waals surface area contributed by atoms with Crippen LogP contribution in [0, 0.1) is 0 Å². The molecule has 0 unspecified atom stereocenters. The molecule has 1 rings (SSSR count). The summed E-state index contributed by atoms with van der Waals surface area (Å²) in [5, 5.41) is 0.166. The van der Waals surface area contributed by atoms with Crippen LogP contribution in [0.25, 0.3) is 0 Å². The lowest BCUT2D eigenvalue weighted by Crippen LogP contribution is -2.44. The quantitative estimate of drug-likeness (QED) is 0.660. The second-order valence-electron chi connectivity index (χ2n) is 5.77. The summed E-state index contributed by atoms with van der Waals surface area (Å²) in [4.78, 5) is 0. The minimum Gasteiger partial charge on any atom is -0.542 e. The molecule has 17 heavy (non-hydrogen) atoms. The number of ether oxygens (including phenoxy) is 1. The van der Waals surface area contributed by atoms with Gasteiger partial charge in [0, 0.05) is 6.07 Å². The number of anilines is 1. The monoisotopic (exact) mass is 253 g/mol. The predicted molar refractivity (Wildman–Crippen MR) is 75.2 cm³/mol. The Morgan fingerprint density at radius 3 is 2.18 bits per heavy atom. The Labute approximate surface area is 105 Å². The minimum absolute atomic E-state index is 0.166. The highest BCUT2D eigenvalue weighted by Crippen LogP contribution is 2.39. The number of rotatable bonds is 3. The van der Waals surface area contributed by atoms with E-state index in [0.29, 0.717) is 5.69 Å². The number of hydrogen-bond donors (Lipinski definition) is 1. The van der Waals surface area contributed by atoms with Crippen molar-refractivity contribution in [3.8, 4) is 11.5 Å². The summed E-state index contributed by atoms with van der Waals surface area (Å²) in [7, 11) is -0.197. The second kappa shape index (κ2) is 4.60. The van der Waals surface area contributed by atoms with E-state index in [2.05, 4.69) is 33.9 Å². The molecular weight excluding hydrogens is 230 g/mol. The van der Waals surface area contributed by atoms with Crippen molar-refractivity contribution in [1.82, 2.24) is 0 Å². The van der Waals surface area contributed by atoms with E-state index >= 15 is 0 Å². The number of nitrogen functional groups attached to an aromatic ring is 1. The number of benzene rings is 1. The number of nitrogens with two attached hydrogens (primary N) is 1. The summed E-state index contributed by atoms with van der Waals surface area (Å²) in [6, 6.07) is 5.55. The van der Waals surface area contributed by atoms with Gasteiger partial charge < -0.3 is 14.9 Å². The maximum absolute atomic E-state index is 6.15. The Kier molecular flexibility index (Phi) is 3.77. The zero-order chi connectivity index (χ0) is 13.3. The third-order valence-corrected chi connectivity index (χ3v) is 7.73. The highest BCUT2D eigenvalue weighted by Gasteiger charge is 2.39. The summed E-state index contributed by atoms with van der Waals surface area (Å²) >= 11 is 0. The largest absolute Gasteiger partial charge is 0.542 e. The molecule has 0 aromatic heterocycles. The van der Waals surface area contributed by atoms with E-state index in [1.54, 1.807) is 13.2 Å². The van der Waals surface area contributed by atoms with Crippen molar-refractivity contribution in [2.75, 3.05) is 12.8 Å². The normalized spacial score (nSPS) is 12.4. The molecule has 1 aromatic rings. The molecule has 4 heteroatoms. The van der Waals surface area contributed by atoms with Crippen LogP contribution in [0.1, 0.15) is 20.8 Å². The van der Waals surface area contributed by atoms with E-state index in [4.69, 9.17) is 14.9 Å². The van der Waals surface area contributed by atoms with Gasteiger partial charge in [-0.2, -0.15) is 0 Å². The molecule has 96 valence electrons. The molecule has 0 saturated heterocycles. The molecule has 0 fully saturated rings. The first-order chi connectivity index (χ1) is 7.67. The fraction of sp³-hybridized carbons (Fsp3) is 0.538. The van der Waals surface area contributed by atoms with Crippen molar-refractivity contribution in [1.29, 1.82) is 0 Å². The Hall–Kier alpha value is -1.16. The van der Waals surface area contributed by atoms with Gasteiger partial charge in [0.2, 0.25) is 0 Å². The van der Waals surface area contributed by atoms with Gasteiger partial charge in [-0.15, -0.1) is 0 Å². The molecule has 0 heterocycles. The van der Waals surface area contributed by atoms with Crippen molar-refractivity contribution in [2.45, 2.75) is 38.9 Å². The van der Waals surface area contributed by atoms with Gasteiger partial charge in [-0.3, -0.25) is 0 Å². The lowest BCUT2D eigenvalue weighted by molar-refractivity contribution is 0.414. The van der Waals surface area contributed by atoms with Crippen LogP contribution < -0.4 is 14.9 Å². The van der Waals surface area contributed by atoms with E-state index in [-0.39, 0.29) is 5.04 Å². The van der Waals surface area contributed by atoms with Gasteiger partial charge in [0.05, 0.1) is 12.8 Å². The Morgan fingerprint density at radius 2 is 1.76 bits per heavy atom. The van der Waals surface area contributed by atoms with Gasteiger partial charge in [-0.05, 0) is 30.3 Å². The summed E-state index contributed by atoms with van der Waals surface area (Å²) < 4.78 is 11.3. The fourth-order valence-corrected chi connectivity index (χ4v) is 2.22. The highest BCUT2D eigenvalue weighted by atomic mass is 28.4. The molecule has 0 aliphatic rings. The van der Waals surface area contributed by atoms with Crippen LogP contribution in [0.5, 0.6) is 11.5 Å². The van der Waals surface area contributed by atoms with Crippen molar-refractivity contribution < 1.29 is 9.16 Å². The summed E-state index contributed by atoms with van der Waals surface area (Å²) in [6.45, 7) is 11.0. The van der Waals surface area contributed by atoms with Crippen LogP contribution in [0.3, 0.4) is 0 Å². The van der Waals surface area contributed by atoms with Crippen LogP contribution in [0.4, 0.5) is 5.69 Å². The Bertz CT molecular complexity index is 397.